The van der Waals surface area contributed by atoms with Gasteiger partial charge in [-0.3, -0.25) is 0 Å². The summed E-state index contributed by atoms with van der Waals surface area (Å²) < 4.78 is 26.4. The zero-order chi connectivity index (χ0) is 14.1. The van der Waals surface area contributed by atoms with Crippen molar-refractivity contribution in [1.29, 1.82) is 0 Å². The van der Waals surface area contributed by atoms with Crippen LogP contribution in [0.2, 0.25) is 8.67 Å². The molecule has 9 heteroatoms. The Hall–Kier alpha value is 0.440. The van der Waals surface area contributed by atoms with E-state index >= 15 is 0 Å². The molecule has 0 saturated carbocycles. The van der Waals surface area contributed by atoms with Crippen molar-refractivity contribution in [3.63, 3.8) is 0 Å². The lowest BCUT2D eigenvalue weighted by molar-refractivity contribution is 0.292. The molecule has 0 amide bonds. The van der Waals surface area contributed by atoms with Crippen molar-refractivity contribution in [2.24, 2.45) is 11.1 Å². The fourth-order valence-electron chi connectivity index (χ4n) is 1.42. The van der Waals surface area contributed by atoms with Crippen molar-refractivity contribution in [1.82, 2.24) is 4.31 Å². The molecule has 112 valence electrons. The van der Waals surface area contributed by atoms with E-state index in [1.807, 2.05) is 13.8 Å². The van der Waals surface area contributed by atoms with Crippen LogP contribution in [0.4, 0.5) is 0 Å². The number of hydrogen-bond acceptors (Lipinski definition) is 4. The molecular formula is C10H17Cl3N2O2S2. The molecule has 0 unspecified atom stereocenters. The first-order valence-corrected chi connectivity index (χ1v) is 8.22. The normalized spacial score (nSPS) is 12.6. The van der Waals surface area contributed by atoms with Gasteiger partial charge in [0.1, 0.15) is 9.23 Å². The van der Waals surface area contributed by atoms with Crippen molar-refractivity contribution < 1.29 is 8.42 Å². The van der Waals surface area contributed by atoms with Gasteiger partial charge in [0.2, 0.25) is 10.0 Å². The quantitative estimate of drug-likeness (QED) is 0.870. The van der Waals surface area contributed by atoms with Gasteiger partial charge in [0.25, 0.3) is 0 Å². The summed E-state index contributed by atoms with van der Waals surface area (Å²) >= 11 is 12.7. The van der Waals surface area contributed by atoms with Gasteiger partial charge in [0, 0.05) is 13.6 Å². The topological polar surface area (TPSA) is 63.4 Å². The SMILES string of the molecule is CN(CC(C)(C)CN)S(=O)(=O)c1cc(Cl)sc1Cl.Cl. The van der Waals surface area contributed by atoms with E-state index in [4.69, 9.17) is 28.9 Å². The third kappa shape index (κ3) is 4.74. The van der Waals surface area contributed by atoms with E-state index in [0.29, 0.717) is 17.4 Å². The number of nitrogens with two attached hydrogens (primary N) is 1. The summed E-state index contributed by atoms with van der Waals surface area (Å²) in [6, 6.07) is 1.37. The van der Waals surface area contributed by atoms with Crippen molar-refractivity contribution >= 4 is 57.0 Å². The van der Waals surface area contributed by atoms with Crippen molar-refractivity contribution in [3.8, 4) is 0 Å². The molecule has 0 aliphatic heterocycles. The number of hydrogen-bond donors (Lipinski definition) is 1. The first-order valence-electron chi connectivity index (χ1n) is 5.21. The molecule has 19 heavy (non-hydrogen) atoms. The summed E-state index contributed by atoms with van der Waals surface area (Å²) in [6.45, 7) is 4.52. The number of sulfonamides is 1. The molecule has 4 nitrogen and oxygen atoms in total. The average Bonchev–Trinajstić information content (AvgIpc) is 2.57. The molecule has 1 rings (SSSR count). The van der Waals surface area contributed by atoms with Crippen LogP contribution in [0.25, 0.3) is 0 Å². The van der Waals surface area contributed by atoms with Crippen molar-refractivity contribution in [2.45, 2.75) is 18.7 Å². The molecule has 1 heterocycles. The summed E-state index contributed by atoms with van der Waals surface area (Å²) in [5, 5.41) is 0. The molecule has 0 saturated heterocycles. The van der Waals surface area contributed by atoms with Crippen molar-refractivity contribution in [2.75, 3.05) is 20.1 Å². The van der Waals surface area contributed by atoms with Gasteiger partial charge in [-0.05, 0) is 18.0 Å². The highest BCUT2D eigenvalue weighted by molar-refractivity contribution is 7.89. The van der Waals surface area contributed by atoms with Crippen LogP contribution in [-0.2, 0) is 10.0 Å². The van der Waals surface area contributed by atoms with E-state index in [1.165, 1.54) is 17.4 Å². The van der Waals surface area contributed by atoms with E-state index < -0.39 is 10.0 Å². The summed E-state index contributed by atoms with van der Waals surface area (Å²) in [5.74, 6) is 0. The summed E-state index contributed by atoms with van der Waals surface area (Å²) in [6.07, 6.45) is 0. The van der Waals surface area contributed by atoms with Gasteiger partial charge < -0.3 is 5.73 Å². The largest absolute Gasteiger partial charge is 0.330 e. The maximum absolute atomic E-state index is 12.3. The Morgan fingerprint density at radius 2 is 1.95 bits per heavy atom. The zero-order valence-electron chi connectivity index (χ0n) is 10.8. The fraction of sp³-hybridized carbons (Fsp3) is 0.600. The van der Waals surface area contributed by atoms with Gasteiger partial charge in [0.15, 0.2) is 0 Å². The Kier molecular flexibility index (Phi) is 7.09. The molecule has 1 aromatic rings. The Balaban J connectivity index is 0.00000324. The first-order chi connectivity index (χ1) is 8.10. The number of rotatable bonds is 5. The van der Waals surface area contributed by atoms with Crippen LogP contribution in [0.15, 0.2) is 11.0 Å². The molecule has 2 N–H and O–H groups in total. The van der Waals surface area contributed by atoms with Crippen LogP contribution in [0, 0.1) is 5.41 Å². The lowest BCUT2D eigenvalue weighted by Gasteiger charge is -2.28. The molecule has 1 aromatic heterocycles. The summed E-state index contributed by atoms with van der Waals surface area (Å²) in [5.41, 5.74) is 5.31. The fourth-order valence-corrected chi connectivity index (χ4v) is 4.89. The second-order valence-electron chi connectivity index (χ2n) is 4.82. The van der Waals surface area contributed by atoms with E-state index in [-0.39, 0.29) is 27.1 Å². The smallest absolute Gasteiger partial charge is 0.245 e. The van der Waals surface area contributed by atoms with Crippen LogP contribution in [0.1, 0.15) is 13.8 Å². The molecule has 0 aromatic carbocycles. The first kappa shape index (κ1) is 19.4. The lowest BCUT2D eigenvalue weighted by atomic mass is 9.94. The van der Waals surface area contributed by atoms with Crippen molar-refractivity contribution in [3.05, 3.63) is 14.7 Å². The van der Waals surface area contributed by atoms with Crippen LogP contribution in [0.5, 0.6) is 0 Å². The molecule has 0 spiro atoms. The van der Waals surface area contributed by atoms with E-state index in [1.54, 1.807) is 0 Å². The summed E-state index contributed by atoms with van der Waals surface area (Å²) in [4.78, 5) is 0.0505. The highest BCUT2D eigenvalue weighted by atomic mass is 35.5. The van der Waals surface area contributed by atoms with Gasteiger partial charge in [0.05, 0.1) is 4.34 Å². The second kappa shape index (κ2) is 6.93. The number of nitrogens with zero attached hydrogens (tertiary/aromatic N) is 1. The Labute approximate surface area is 134 Å². The van der Waals surface area contributed by atoms with Gasteiger partial charge in [-0.15, -0.1) is 23.7 Å². The predicted molar refractivity (Wildman–Crippen MR) is 84.2 cm³/mol. The van der Waals surface area contributed by atoms with Gasteiger partial charge in [-0.1, -0.05) is 37.0 Å². The molecule has 0 radical (unpaired) electrons. The molecule has 0 fully saturated rings. The molecule has 0 aliphatic rings. The van der Waals surface area contributed by atoms with E-state index in [0.717, 1.165) is 11.3 Å². The van der Waals surface area contributed by atoms with Crippen LogP contribution >= 0.6 is 46.9 Å². The number of thiophene rings is 1. The second-order valence-corrected chi connectivity index (χ2v) is 9.12. The molecule has 0 bridgehead atoms. The Morgan fingerprint density at radius 1 is 1.42 bits per heavy atom. The third-order valence-corrected chi connectivity index (χ3v) is 6.07. The predicted octanol–water partition coefficient (Wildman–Crippen LogP) is 3.08. The average molecular weight is 368 g/mol. The lowest BCUT2D eigenvalue weighted by Crippen LogP contribution is -2.39. The van der Waals surface area contributed by atoms with Crippen LogP contribution < -0.4 is 5.73 Å². The minimum Gasteiger partial charge on any atom is -0.330 e. The molecule has 0 aliphatic carbocycles. The van der Waals surface area contributed by atoms with E-state index in [9.17, 15) is 8.42 Å². The zero-order valence-corrected chi connectivity index (χ0v) is 14.8. The Bertz CT molecular complexity index is 529. The van der Waals surface area contributed by atoms with Gasteiger partial charge in [-0.25, -0.2) is 12.7 Å². The van der Waals surface area contributed by atoms with Gasteiger partial charge in [-0.2, -0.15) is 0 Å². The Morgan fingerprint density at radius 3 is 2.32 bits per heavy atom. The summed E-state index contributed by atoms with van der Waals surface area (Å²) in [7, 11) is -2.11. The monoisotopic (exact) mass is 366 g/mol. The van der Waals surface area contributed by atoms with Gasteiger partial charge >= 0.3 is 0 Å². The minimum absolute atomic E-state index is 0. The molecule has 0 atom stereocenters. The van der Waals surface area contributed by atoms with Crippen LogP contribution in [0.3, 0.4) is 0 Å². The standard InChI is InChI=1S/C10H16Cl2N2O2S2.ClH/c1-10(2,5-13)6-14(3)18(15,16)7-4-8(11)17-9(7)12;/h4H,5-6,13H2,1-3H3;1H. The number of halogens is 3. The van der Waals surface area contributed by atoms with E-state index in [2.05, 4.69) is 0 Å². The maximum Gasteiger partial charge on any atom is 0.245 e. The molecular weight excluding hydrogens is 351 g/mol. The third-order valence-electron chi connectivity index (χ3n) is 2.52. The van der Waals surface area contributed by atoms with Crippen LogP contribution in [-0.4, -0.2) is 32.9 Å². The highest BCUT2D eigenvalue weighted by Gasteiger charge is 2.29. The maximum atomic E-state index is 12.3. The highest BCUT2D eigenvalue weighted by Crippen LogP contribution is 2.36. The minimum atomic E-state index is -3.62.